The fraction of sp³-hybridized carbons (Fsp3) is 0.556. The van der Waals surface area contributed by atoms with Crippen LogP contribution >= 0.6 is 11.8 Å². The molecule has 1 aromatic carbocycles. The van der Waals surface area contributed by atoms with Gasteiger partial charge in [-0.3, -0.25) is 4.79 Å². The maximum absolute atomic E-state index is 12.1. The van der Waals surface area contributed by atoms with E-state index in [0.717, 1.165) is 37.0 Å². The minimum Gasteiger partial charge on any atom is -0.351 e. The molecule has 132 valence electrons. The van der Waals surface area contributed by atoms with E-state index in [1.807, 2.05) is 51.1 Å². The van der Waals surface area contributed by atoms with E-state index in [9.17, 15) is 4.79 Å². The molecule has 1 heterocycles. The smallest absolute Gasteiger partial charge is 0.230 e. The fourth-order valence-corrected chi connectivity index (χ4v) is 3.26. The van der Waals surface area contributed by atoms with E-state index >= 15 is 0 Å². The molecule has 24 heavy (non-hydrogen) atoms. The van der Waals surface area contributed by atoms with E-state index in [1.54, 1.807) is 0 Å². The zero-order valence-electron chi connectivity index (χ0n) is 15.1. The van der Waals surface area contributed by atoms with Crippen molar-refractivity contribution in [2.75, 3.05) is 39.0 Å². The van der Waals surface area contributed by atoms with Crippen LogP contribution in [0.1, 0.15) is 20.8 Å². The number of nitrogens with zero attached hydrogens (tertiary/aromatic N) is 3. The van der Waals surface area contributed by atoms with Crippen LogP contribution in [0.3, 0.4) is 0 Å². The highest BCUT2D eigenvalue weighted by Gasteiger charge is 2.20. The monoisotopic (exact) mass is 348 g/mol. The van der Waals surface area contributed by atoms with E-state index < -0.39 is 0 Å². The number of hydrogen-bond acceptors (Lipinski definition) is 4. The molecule has 1 aromatic rings. The molecule has 1 aliphatic heterocycles. The van der Waals surface area contributed by atoms with Gasteiger partial charge in [0.15, 0.2) is 5.17 Å². The normalized spacial score (nSPS) is 17.0. The molecule has 0 atom stereocenters. The van der Waals surface area contributed by atoms with Crippen molar-refractivity contribution in [3.05, 3.63) is 30.3 Å². The highest BCUT2D eigenvalue weighted by atomic mass is 32.2. The number of para-hydroxylation sites is 1. The summed E-state index contributed by atoms with van der Waals surface area (Å²) in [5.74, 6) is 0.428. The number of amides is 1. The van der Waals surface area contributed by atoms with Gasteiger partial charge in [0, 0.05) is 31.7 Å². The third kappa shape index (κ3) is 6.53. The van der Waals surface area contributed by atoms with Crippen LogP contribution in [0.25, 0.3) is 0 Å². The van der Waals surface area contributed by atoms with Crippen LogP contribution in [0.2, 0.25) is 0 Å². The van der Waals surface area contributed by atoms with Crippen LogP contribution in [-0.2, 0) is 4.79 Å². The van der Waals surface area contributed by atoms with Crippen LogP contribution < -0.4 is 5.32 Å². The van der Waals surface area contributed by atoms with Gasteiger partial charge in [0.1, 0.15) is 0 Å². The Hall–Kier alpha value is -1.53. The number of nitrogens with one attached hydrogen (secondary N) is 1. The van der Waals surface area contributed by atoms with Crippen molar-refractivity contribution in [2.45, 2.75) is 26.3 Å². The summed E-state index contributed by atoms with van der Waals surface area (Å²) in [4.78, 5) is 21.5. The van der Waals surface area contributed by atoms with Crippen LogP contribution in [0.4, 0.5) is 5.69 Å². The molecular weight excluding hydrogens is 320 g/mol. The highest BCUT2D eigenvalue weighted by Crippen LogP contribution is 2.19. The largest absolute Gasteiger partial charge is 0.351 e. The van der Waals surface area contributed by atoms with Gasteiger partial charge >= 0.3 is 0 Å². The second-order valence-corrected chi connectivity index (χ2v) is 8.05. The first kappa shape index (κ1) is 18.8. The van der Waals surface area contributed by atoms with Crippen molar-refractivity contribution >= 4 is 28.5 Å². The zero-order valence-corrected chi connectivity index (χ0v) is 15.9. The molecule has 1 N–H and O–H groups in total. The number of likely N-dealkylation sites (N-methyl/N-ethyl adjacent to an activating group) is 1. The lowest BCUT2D eigenvalue weighted by Gasteiger charge is -2.34. The molecule has 2 rings (SSSR count). The summed E-state index contributed by atoms with van der Waals surface area (Å²) in [6, 6.07) is 9.94. The maximum atomic E-state index is 12.1. The van der Waals surface area contributed by atoms with Gasteiger partial charge < -0.3 is 15.1 Å². The summed E-state index contributed by atoms with van der Waals surface area (Å²) in [5.41, 5.74) is 0.720. The molecule has 0 spiro atoms. The second kappa shape index (κ2) is 8.53. The van der Waals surface area contributed by atoms with Crippen molar-refractivity contribution in [1.29, 1.82) is 0 Å². The van der Waals surface area contributed by atoms with Gasteiger partial charge in [-0.15, -0.1) is 0 Å². The predicted octanol–water partition coefficient (Wildman–Crippen LogP) is 2.57. The highest BCUT2D eigenvalue weighted by molar-refractivity contribution is 8.14. The molecule has 1 aliphatic rings. The Morgan fingerprint density at radius 3 is 2.38 bits per heavy atom. The first-order valence-corrected chi connectivity index (χ1v) is 9.33. The van der Waals surface area contributed by atoms with Gasteiger partial charge in [0.05, 0.1) is 11.4 Å². The number of carbonyl (C=O) groups is 1. The minimum atomic E-state index is -0.206. The Labute approximate surface area is 149 Å². The molecule has 5 nitrogen and oxygen atoms in total. The summed E-state index contributed by atoms with van der Waals surface area (Å²) in [6.45, 7) is 9.90. The molecule has 0 aromatic heterocycles. The van der Waals surface area contributed by atoms with E-state index in [1.165, 1.54) is 11.8 Å². The number of thioether (sulfide) groups is 1. The van der Waals surface area contributed by atoms with E-state index in [2.05, 4.69) is 22.2 Å². The lowest BCUT2D eigenvalue weighted by atomic mass is 10.1. The van der Waals surface area contributed by atoms with Gasteiger partial charge in [-0.25, -0.2) is 4.99 Å². The molecule has 0 aliphatic carbocycles. The molecular formula is C18H28N4OS. The predicted molar refractivity (Wildman–Crippen MR) is 103 cm³/mol. The Kier molecular flexibility index (Phi) is 6.69. The Balaban J connectivity index is 2.05. The van der Waals surface area contributed by atoms with Crippen molar-refractivity contribution in [1.82, 2.24) is 15.1 Å². The summed E-state index contributed by atoms with van der Waals surface area (Å²) in [6.07, 6.45) is 0. The van der Waals surface area contributed by atoms with Gasteiger partial charge in [0.25, 0.3) is 0 Å². The van der Waals surface area contributed by atoms with E-state index in [-0.39, 0.29) is 11.4 Å². The van der Waals surface area contributed by atoms with Gasteiger partial charge in [0.2, 0.25) is 5.91 Å². The minimum absolute atomic E-state index is 0.0439. The van der Waals surface area contributed by atoms with Crippen molar-refractivity contribution in [3.8, 4) is 0 Å². The quantitative estimate of drug-likeness (QED) is 0.674. The first-order valence-electron chi connectivity index (χ1n) is 8.34. The van der Waals surface area contributed by atoms with E-state index in [0.29, 0.717) is 5.75 Å². The Morgan fingerprint density at radius 1 is 1.17 bits per heavy atom. The number of aliphatic imine (C=N–C) groups is 1. The van der Waals surface area contributed by atoms with Gasteiger partial charge in [-0.1, -0.05) is 30.0 Å². The van der Waals surface area contributed by atoms with Crippen molar-refractivity contribution in [3.63, 3.8) is 0 Å². The van der Waals surface area contributed by atoms with Crippen LogP contribution in [0.15, 0.2) is 35.3 Å². The molecule has 1 fully saturated rings. The Morgan fingerprint density at radius 2 is 1.79 bits per heavy atom. The summed E-state index contributed by atoms with van der Waals surface area (Å²) in [5, 5.41) is 3.94. The summed E-state index contributed by atoms with van der Waals surface area (Å²) in [7, 11) is 2.13. The van der Waals surface area contributed by atoms with Crippen LogP contribution in [0.5, 0.6) is 0 Å². The lowest BCUT2D eigenvalue weighted by molar-refractivity contribution is -0.119. The number of hydrogen-bond donors (Lipinski definition) is 1. The van der Waals surface area contributed by atoms with Crippen molar-refractivity contribution < 1.29 is 4.79 Å². The van der Waals surface area contributed by atoms with Gasteiger partial charge in [-0.2, -0.15) is 0 Å². The number of rotatable bonds is 3. The lowest BCUT2D eigenvalue weighted by Crippen LogP contribution is -2.47. The van der Waals surface area contributed by atoms with Gasteiger partial charge in [-0.05, 0) is 40.0 Å². The van der Waals surface area contributed by atoms with E-state index in [4.69, 9.17) is 4.99 Å². The molecule has 1 saturated heterocycles. The topological polar surface area (TPSA) is 47.9 Å². The summed E-state index contributed by atoms with van der Waals surface area (Å²) < 4.78 is 0. The second-order valence-electron chi connectivity index (χ2n) is 7.11. The molecule has 0 bridgehead atoms. The number of benzene rings is 1. The first-order chi connectivity index (χ1) is 11.3. The van der Waals surface area contributed by atoms with Crippen LogP contribution in [-0.4, -0.2) is 65.4 Å². The molecule has 1 amide bonds. The number of piperazine rings is 1. The average Bonchev–Trinajstić information content (AvgIpc) is 2.51. The average molecular weight is 349 g/mol. The van der Waals surface area contributed by atoms with Crippen molar-refractivity contribution in [2.24, 2.45) is 4.99 Å². The van der Waals surface area contributed by atoms with Crippen LogP contribution in [0, 0.1) is 0 Å². The number of carbonyl (C=O) groups excluding carboxylic acids is 1. The fourth-order valence-electron chi connectivity index (χ4n) is 2.39. The standard InChI is InChI=1S/C18H28N4OS/c1-18(2,3)20-16(23)14-24-17(19-15-8-6-5-7-9-15)22-12-10-21(4)11-13-22/h5-9H,10-14H2,1-4H3,(H,20,23). The number of amidine groups is 1. The summed E-state index contributed by atoms with van der Waals surface area (Å²) >= 11 is 1.52. The molecule has 0 radical (unpaired) electrons. The maximum Gasteiger partial charge on any atom is 0.230 e. The third-order valence-electron chi connectivity index (χ3n) is 3.60. The molecule has 0 unspecified atom stereocenters. The molecule has 6 heteroatoms. The zero-order chi connectivity index (χ0) is 17.6. The SMILES string of the molecule is CN1CCN(C(=Nc2ccccc2)SCC(=O)NC(C)(C)C)CC1. The third-order valence-corrected chi connectivity index (χ3v) is 4.62. The Bertz CT molecular complexity index is 560. The molecule has 0 saturated carbocycles.